The molecule has 2 aromatic rings. The van der Waals surface area contributed by atoms with Crippen LogP contribution in [-0.4, -0.2) is 15.5 Å². The zero-order chi connectivity index (χ0) is 13.0. The number of nitrogens with one attached hydrogen (secondary N) is 1. The molecule has 0 saturated heterocycles. The van der Waals surface area contributed by atoms with Gasteiger partial charge in [-0.2, -0.15) is 0 Å². The number of benzene rings is 1. The van der Waals surface area contributed by atoms with E-state index < -0.39 is 0 Å². The molecule has 3 heteroatoms. The van der Waals surface area contributed by atoms with E-state index in [0.29, 0.717) is 5.95 Å². The molecule has 0 aliphatic heterocycles. The molecule has 0 aliphatic carbocycles. The quantitative estimate of drug-likeness (QED) is 0.896. The predicted molar refractivity (Wildman–Crippen MR) is 74.7 cm³/mol. The molecule has 1 aromatic heterocycles. The zero-order valence-corrected chi connectivity index (χ0v) is 11.1. The molecule has 1 heterocycles. The van der Waals surface area contributed by atoms with Gasteiger partial charge in [0.1, 0.15) is 0 Å². The Labute approximate surface area is 108 Å². The van der Waals surface area contributed by atoms with Gasteiger partial charge in [-0.3, -0.25) is 0 Å². The number of rotatable bonds is 3. The van der Waals surface area contributed by atoms with Crippen molar-refractivity contribution >= 4 is 5.95 Å². The van der Waals surface area contributed by atoms with Crippen LogP contribution in [0.1, 0.15) is 32.0 Å². The van der Waals surface area contributed by atoms with Crippen LogP contribution in [0.15, 0.2) is 42.6 Å². The van der Waals surface area contributed by atoms with E-state index in [4.69, 9.17) is 0 Å². The van der Waals surface area contributed by atoms with Crippen molar-refractivity contribution in [1.29, 1.82) is 0 Å². The van der Waals surface area contributed by atoms with E-state index in [9.17, 15) is 0 Å². The van der Waals surface area contributed by atoms with E-state index in [1.165, 1.54) is 5.56 Å². The molecular formula is C15H19N3. The van der Waals surface area contributed by atoms with Crippen molar-refractivity contribution in [3.05, 3.63) is 53.9 Å². The molecule has 18 heavy (non-hydrogen) atoms. The molecule has 2 rings (SSSR count). The second-order valence-electron chi connectivity index (χ2n) is 5.41. The summed E-state index contributed by atoms with van der Waals surface area (Å²) >= 11 is 0. The van der Waals surface area contributed by atoms with E-state index in [1.54, 1.807) is 6.20 Å². The first-order valence-corrected chi connectivity index (χ1v) is 6.17. The van der Waals surface area contributed by atoms with E-state index >= 15 is 0 Å². The molecule has 0 fully saturated rings. The third kappa shape index (κ3) is 3.84. The Kier molecular flexibility index (Phi) is 3.60. The highest BCUT2D eigenvalue weighted by Gasteiger charge is 2.11. The minimum absolute atomic E-state index is 0.0225. The minimum atomic E-state index is -0.0225. The molecule has 0 unspecified atom stereocenters. The van der Waals surface area contributed by atoms with Gasteiger partial charge in [-0.05, 0) is 32.4 Å². The van der Waals surface area contributed by atoms with Crippen LogP contribution in [0.5, 0.6) is 0 Å². The Morgan fingerprint density at radius 3 is 2.44 bits per heavy atom. The summed E-state index contributed by atoms with van der Waals surface area (Å²) in [6.07, 6.45) is 2.64. The van der Waals surface area contributed by atoms with Crippen molar-refractivity contribution in [3.8, 4) is 0 Å². The number of nitrogens with zero attached hydrogens (tertiary/aromatic N) is 2. The third-order valence-electron chi connectivity index (χ3n) is 2.43. The van der Waals surface area contributed by atoms with Crippen LogP contribution in [-0.2, 0) is 6.42 Å². The van der Waals surface area contributed by atoms with Crippen LogP contribution in [0.4, 0.5) is 5.95 Å². The second kappa shape index (κ2) is 5.17. The first kappa shape index (κ1) is 12.6. The van der Waals surface area contributed by atoms with Gasteiger partial charge in [-0.25, -0.2) is 9.97 Å². The topological polar surface area (TPSA) is 37.8 Å². The van der Waals surface area contributed by atoms with Crippen molar-refractivity contribution in [1.82, 2.24) is 9.97 Å². The Balaban J connectivity index is 2.13. The van der Waals surface area contributed by atoms with Crippen LogP contribution in [0.3, 0.4) is 0 Å². The molecule has 0 radical (unpaired) electrons. The van der Waals surface area contributed by atoms with Crippen LogP contribution in [0, 0.1) is 0 Å². The normalized spacial score (nSPS) is 11.3. The van der Waals surface area contributed by atoms with Gasteiger partial charge >= 0.3 is 0 Å². The molecule has 3 nitrogen and oxygen atoms in total. The van der Waals surface area contributed by atoms with Crippen LogP contribution >= 0.6 is 0 Å². The summed E-state index contributed by atoms with van der Waals surface area (Å²) in [4.78, 5) is 8.78. The van der Waals surface area contributed by atoms with Gasteiger partial charge < -0.3 is 5.32 Å². The lowest BCUT2D eigenvalue weighted by molar-refractivity contribution is 0.625. The summed E-state index contributed by atoms with van der Waals surface area (Å²) in [5.41, 5.74) is 2.27. The van der Waals surface area contributed by atoms with E-state index in [-0.39, 0.29) is 5.54 Å². The van der Waals surface area contributed by atoms with E-state index in [1.807, 2.05) is 24.3 Å². The zero-order valence-electron chi connectivity index (χ0n) is 11.1. The Morgan fingerprint density at radius 2 is 1.78 bits per heavy atom. The fourth-order valence-electron chi connectivity index (χ4n) is 1.70. The van der Waals surface area contributed by atoms with Crippen LogP contribution in [0.25, 0.3) is 0 Å². The highest BCUT2D eigenvalue weighted by atomic mass is 15.1. The standard InChI is InChI=1S/C15H19N3/c1-15(2,3)18-14-16-10-9-13(17-14)11-12-7-5-4-6-8-12/h4-10H,11H2,1-3H3,(H,16,17,18). The predicted octanol–water partition coefficient (Wildman–Crippen LogP) is 3.28. The number of anilines is 1. The van der Waals surface area contributed by atoms with Gasteiger partial charge in [0.25, 0.3) is 0 Å². The van der Waals surface area contributed by atoms with Crippen molar-refractivity contribution < 1.29 is 0 Å². The van der Waals surface area contributed by atoms with Crippen LogP contribution < -0.4 is 5.32 Å². The summed E-state index contributed by atoms with van der Waals surface area (Å²) in [5.74, 6) is 0.691. The maximum absolute atomic E-state index is 4.53. The summed E-state index contributed by atoms with van der Waals surface area (Å²) in [6.45, 7) is 6.29. The minimum Gasteiger partial charge on any atom is -0.350 e. The Bertz CT molecular complexity index is 501. The highest BCUT2D eigenvalue weighted by molar-refractivity contribution is 5.30. The molecule has 0 spiro atoms. The Hall–Kier alpha value is -1.90. The van der Waals surface area contributed by atoms with E-state index in [0.717, 1.165) is 12.1 Å². The molecule has 94 valence electrons. The number of hydrogen-bond donors (Lipinski definition) is 1. The van der Waals surface area contributed by atoms with E-state index in [2.05, 4.69) is 48.2 Å². The summed E-state index contributed by atoms with van der Waals surface area (Å²) in [7, 11) is 0. The molecule has 0 amide bonds. The second-order valence-corrected chi connectivity index (χ2v) is 5.41. The van der Waals surface area contributed by atoms with Gasteiger partial charge in [0.05, 0.1) is 5.69 Å². The van der Waals surface area contributed by atoms with Crippen molar-refractivity contribution in [2.75, 3.05) is 5.32 Å². The van der Waals surface area contributed by atoms with Crippen LogP contribution in [0.2, 0.25) is 0 Å². The van der Waals surface area contributed by atoms with Gasteiger partial charge in [-0.1, -0.05) is 30.3 Å². The maximum atomic E-state index is 4.53. The molecule has 0 atom stereocenters. The van der Waals surface area contributed by atoms with Gasteiger partial charge in [-0.15, -0.1) is 0 Å². The largest absolute Gasteiger partial charge is 0.350 e. The fourth-order valence-corrected chi connectivity index (χ4v) is 1.70. The fraction of sp³-hybridized carbons (Fsp3) is 0.333. The summed E-state index contributed by atoms with van der Waals surface area (Å²) in [6, 6.07) is 12.3. The molecule has 1 aromatic carbocycles. The van der Waals surface area contributed by atoms with Gasteiger partial charge in [0, 0.05) is 18.2 Å². The highest BCUT2D eigenvalue weighted by Crippen LogP contribution is 2.12. The lowest BCUT2D eigenvalue weighted by Gasteiger charge is -2.20. The van der Waals surface area contributed by atoms with Crippen molar-refractivity contribution in [3.63, 3.8) is 0 Å². The third-order valence-corrected chi connectivity index (χ3v) is 2.43. The molecule has 0 saturated carbocycles. The lowest BCUT2D eigenvalue weighted by Crippen LogP contribution is -2.27. The van der Waals surface area contributed by atoms with Crippen molar-refractivity contribution in [2.24, 2.45) is 0 Å². The average molecular weight is 241 g/mol. The first-order valence-electron chi connectivity index (χ1n) is 6.17. The first-order chi connectivity index (χ1) is 8.53. The van der Waals surface area contributed by atoms with Gasteiger partial charge in [0.15, 0.2) is 0 Å². The van der Waals surface area contributed by atoms with Gasteiger partial charge in [0.2, 0.25) is 5.95 Å². The summed E-state index contributed by atoms with van der Waals surface area (Å²) in [5, 5.41) is 3.29. The van der Waals surface area contributed by atoms with Crippen molar-refractivity contribution in [2.45, 2.75) is 32.7 Å². The molecule has 0 aliphatic rings. The SMILES string of the molecule is CC(C)(C)Nc1nccc(Cc2ccccc2)n1. The Morgan fingerprint density at radius 1 is 1.06 bits per heavy atom. The average Bonchev–Trinajstić information content (AvgIpc) is 2.28. The molecule has 1 N–H and O–H groups in total. The smallest absolute Gasteiger partial charge is 0.223 e. The maximum Gasteiger partial charge on any atom is 0.223 e. The molecular weight excluding hydrogens is 222 g/mol. The molecule has 0 bridgehead atoms. The monoisotopic (exact) mass is 241 g/mol. The number of hydrogen-bond acceptors (Lipinski definition) is 3. The summed E-state index contributed by atoms with van der Waals surface area (Å²) < 4.78 is 0. The number of aromatic nitrogens is 2. The lowest BCUT2D eigenvalue weighted by atomic mass is 10.1.